The number of piperazine rings is 1. The molecule has 0 amide bonds. The van der Waals surface area contributed by atoms with E-state index in [0.717, 1.165) is 26.2 Å². The summed E-state index contributed by atoms with van der Waals surface area (Å²) in [6.45, 7) is 5.65. The van der Waals surface area contributed by atoms with Crippen LogP contribution in [0.4, 0.5) is 5.69 Å². The third-order valence-electron chi connectivity index (χ3n) is 3.12. The largest absolute Gasteiger partial charge is 0.369 e. The molecule has 0 radical (unpaired) electrons. The van der Waals surface area contributed by atoms with Crippen molar-refractivity contribution in [2.45, 2.75) is 6.92 Å². The predicted molar refractivity (Wildman–Crippen MR) is 70.6 cm³/mol. The Morgan fingerprint density at radius 3 is 2.47 bits per heavy atom. The quantitative estimate of drug-likeness (QED) is 0.826. The summed E-state index contributed by atoms with van der Waals surface area (Å²) in [6.07, 6.45) is 0. The number of benzene rings is 1. The number of hydrogen-bond donors (Lipinski definition) is 1. The van der Waals surface area contributed by atoms with Gasteiger partial charge < -0.3 is 9.45 Å². The number of hydrogen-bond acceptors (Lipinski definition) is 3. The van der Waals surface area contributed by atoms with Crippen molar-refractivity contribution >= 4 is 16.8 Å². The van der Waals surface area contributed by atoms with Gasteiger partial charge in [0.1, 0.15) is 5.88 Å². The summed E-state index contributed by atoms with van der Waals surface area (Å²) in [5.41, 5.74) is 2.56. The van der Waals surface area contributed by atoms with Crippen LogP contribution in [0.25, 0.3) is 0 Å². The maximum Gasteiger partial charge on any atom is 0.167 e. The fourth-order valence-corrected chi connectivity index (χ4v) is 2.76. The van der Waals surface area contributed by atoms with Gasteiger partial charge in [-0.3, -0.25) is 4.90 Å². The fraction of sp³-hybridized carbons (Fsp3) is 0.500. The second-order valence-corrected chi connectivity index (χ2v) is 5.24. The Morgan fingerprint density at radius 2 is 1.88 bits per heavy atom. The molecule has 1 N–H and O–H groups in total. The molecule has 0 saturated carbocycles. The van der Waals surface area contributed by atoms with Crippen molar-refractivity contribution in [3.05, 3.63) is 29.8 Å². The summed E-state index contributed by atoms with van der Waals surface area (Å²) in [6, 6.07) is 8.35. The Bertz CT molecular complexity index is 403. The molecule has 1 atom stereocenters. The van der Waals surface area contributed by atoms with E-state index >= 15 is 0 Å². The lowest BCUT2D eigenvalue weighted by Gasteiger charge is -2.36. The first-order chi connectivity index (χ1) is 8.16. The smallest absolute Gasteiger partial charge is 0.167 e. The molecule has 1 aromatic carbocycles. The maximum atomic E-state index is 10.7. The van der Waals surface area contributed by atoms with E-state index in [1.165, 1.54) is 11.3 Å². The first-order valence-electron chi connectivity index (χ1n) is 5.77. The standard InChI is InChI=1S/C12H18N2O2S/c1-11-4-2-3-5-12(11)14-8-6-13(7-9-14)10-17(15)16/h2-5H,6-10H2,1H3,(H,15,16). The summed E-state index contributed by atoms with van der Waals surface area (Å²) in [5, 5.41) is 0. The second kappa shape index (κ2) is 5.62. The van der Waals surface area contributed by atoms with Crippen LogP contribution in [-0.4, -0.2) is 45.7 Å². The lowest BCUT2D eigenvalue weighted by molar-refractivity contribution is 0.292. The molecule has 1 aliphatic heterocycles. The van der Waals surface area contributed by atoms with Gasteiger partial charge in [-0.25, -0.2) is 4.21 Å². The van der Waals surface area contributed by atoms with Gasteiger partial charge in [-0.2, -0.15) is 0 Å². The zero-order valence-electron chi connectivity index (χ0n) is 10.0. The summed E-state index contributed by atoms with van der Waals surface area (Å²) < 4.78 is 19.6. The third kappa shape index (κ3) is 3.28. The van der Waals surface area contributed by atoms with Crippen LogP contribution in [0.3, 0.4) is 0 Å². The fourth-order valence-electron chi connectivity index (χ4n) is 2.19. The second-order valence-electron chi connectivity index (χ2n) is 4.34. The van der Waals surface area contributed by atoms with Crippen LogP contribution in [0.1, 0.15) is 5.56 Å². The molecule has 2 rings (SSSR count). The lowest BCUT2D eigenvalue weighted by atomic mass is 10.1. The van der Waals surface area contributed by atoms with Crippen molar-refractivity contribution < 1.29 is 8.76 Å². The van der Waals surface area contributed by atoms with Crippen LogP contribution >= 0.6 is 0 Å². The van der Waals surface area contributed by atoms with E-state index < -0.39 is 11.1 Å². The SMILES string of the molecule is Cc1ccccc1N1CCN(CS(=O)O)CC1. The van der Waals surface area contributed by atoms with Crippen LogP contribution in [0, 0.1) is 6.92 Å². The summed E-state index contributed by atoms with van der Waals surface area (Å²) in [7, 11) is 0. The first-order valence-corrected chi connectivity index (χ1v) is 7.05. The van der Waals surface area contributed by atoms with E-state index in [1.54, 1.807) is 0 Å². The molecule has 1 fully saturated rings. The van der Waals surface area contributed by atoms with Crippen molar-refractivity contribution in [3.8, 4) is 0 Å². The highest BCUT2D eigenvalue weighted by atomic mass is 32.2. The molecule has 1 aromatic rings. The normalized spacial score (nSPS) is 19.3. The number of anilines is 1. The zero-order valence-corrected chi connectivity index (χ0v) is 10.8. The highest BCUT2D eigenvalue weighted by Crippen LogP contribution is 2.20. The van der Waals surface area contributed by atoms with Gasteiger partial charge in [0.25, 0.3) is 0 Å². The summed E-state index contributed by atoms with van der Waals surface area (Å²) in [4.78, 5) is 4.37. The number of para-hydroxylation sites is 1. The molecule has 1 aliphatic rings. The van der Waals surface area contributed by atoms with Crippen LogP contribution in [0.5, 0.6) is 0 Å². The van der Waals surface area contributed by atoms with Gasteiger partial charge in [0, 0.05) is 31.9 Å². The highest BCUT2D eigenvalue weighted by molar-refractivity contribution is 7.79. The van der Waals surface area contributed by atoms with E-state index in [4.69, 9.17) is 4.55 Å². The number of rotatable bonds is 3. The Hall–Kier alpha value is -0.910. The third-order valence-corrected chi connectivity index (χ3v) is 3.71. The van der Waals surface area contributed by atoms with Crippen LogP contribution in [-0.2, 0) is 11.1 Å². The zero-order chi connectivity index (χ0) is 12.3. The monoisotopic (exact) mass is 254 g/mol. The van der Waals surface area contributed by atoms with Crippen molar-refractivity contribution in [1.29, 1.82) is 0 Å². The first kappa shape index (κ1) is 12.5. The van der Waals surface area contributed by atoms with Crippen molar-refractivity contribution in [2.24, 2.45) is 0 Å². The van der Waals surface area contributed by atoms with Crippen LogP contribution < -0.4 is 4.90 Å². The van der Waals surface area contributed by atoms with Crippen molar-refractivity contribution in [1.82, 2.24) is 4.90 Å². The molecule has 94 valence electrons. The summed E-state index contributed by atoms with van der Waals surface area (Å²) >= 11 is -1.72. The van der Waals surface area contributed by atoms with E-state index in [-0.39, 0.29) is 5.88 Å². The lowest BCUT2D eigenvalue weighted by Crippen LogP contribution is -2.47. The Balaban J connectivity index is 1.95. The molecule has 0 bridgehead atoms. The molecule has 0 aliphatic carbocycles. The molecular formula is C12H18N2O2S. The topological polar surface area (TPSA) is 43.8 Å². The Morgan fingerprint density at radius 1 is 1.24 bits per heavy atom. The summed E-state index contributed by atoms with van der Waals surface area (Å²) in [5.74, 6) is 0.265. The minimum absolute atomic E-state index is 0.265. The predicted octanol–water partition coefficient (Wildman–Crippen LogP) is 1.30. The highest BCUT2D eigenvalue weighted by Gasteiger charge is 2.18. The van der Waals surface area contributed by atoms with Crippen LogP contribution in [0.2, 0.25) is 0 Å². The van der Waals surface area contributed by atoms with Crippen LogP contribution in [0.15, 0.2) is 24.3 Å². The molecule has 5 heteroatoms. The van der Waals surface area contributed by atoms with E-state index in [0.29, 0.717) is 0 Å². The number of aryl methyl sites for hydroxylation is 1. The molecule has 4 nitrogen and oxygen atoms in total. The molecule has 1 unspecified atom stereocenters. The van der Waals surface area contributed by atoms with Crippen molar-refractivity contribution in [2.75, 3.05) is 37.0 Å². The molecule has 1 saturated heterocycles. The minimum atomic E-state index is -1.72. The van der Waals surface area contributed by atoms with Gasteiger partial charge in [-0.15, -0.1) is 0 Å². The van der Waals surface area contributed by atoms with Gasteiger partial charge in [0.05, 0.1) is 0 Å². The molecular weight excluding hydrogens is 236 g/mol. The molecule has 17 heavy (non-hydrogen) atoms. The van der Waals surface area contributed by atoms with Crippen molar-refractivity contribution in [3.63, 3.8) is 0 Å². The maximum absolute atomic E-state index is 10.7. The molecule has 0 aromatic heterocycles. The Kier molecular flexibility index (Phi) is 4.15. The molecule has 1 heterocycles. The van der Waals surface area contributed by atoms with E-state index in [9.17, 15) is 4.21 Å². The average molecular weight is 254 g/mol. The van der Waals surface area contributed by atoms with Gasteiger partial charge in [-0.1, -0.05) is 18.2 Å². The van der Waals surface area contributed by atoms with Gasteiger partial charge in [0.15, 0.2) is 11.1 Å². The Labute approximate surface area is 105 Å². The van der Waals surface area contributed by atoms with Gasteiger partial charge in [-0.05, 0) is 18.6 Å². The average Bonchev–Trinajstić information content (AvgIpc) is 2.30. The van der Waals surface area contributed by atoms with E-state index in [2.05, 4.69) is 30.0 Å². The number of nitrogens with zero attached hydrogens (tertiary/aromatic N) is 2. The van der Waals surface area contributed by atoms with Gasteiger partial charge >= 0.3 is 0 Å². The van der Waals surface area contributed by atoms with Gasteiger partial charge in [0.2, 0.25) is 0 Å². The minimum Gasteiger partial charge on any atom is -0.369 e. The molecule has 0 spiro atoms. The van der Waals surface area contributed by atoms with E-state index in [1.807, 2.05) is 11.0 Å².